The van der Waals surface area contributed by atoms with E-state index in [0.717, 1.165) is 25.6 Å². The van der Waals surface area contributed by atoms with E-state index in [1.54, 1.807) is 11.0 Å². The molecule has 0 radical (unpaired) electrons. The normalized spacial score (nSPS) is 17.4. The van der Waals surface area contributed by atoms with Crippen LogP contribution in [-0.4, -0.2) is 74.8 Å². The molecule has 0 N–H and O–H groups in total. The van der Waals surface area contributed by atoms with Gasteiger partial charge in [0.25, 0.3) is 5.91 Å². The van der Waals surface area contributed by atoms with Gasteiger partial charge in [0.15, 0.2) is 23.1 Å². The minimum absolute atomic E-state index is 0.0948. The number of halogens is 1. The van der Waals surface area contributed by atoms with Crippen molar-refractivity contribution in [2.45, 2.75) is 12.8 Å². The van der Waals surface area contributed by atoms with Crippen molar-refractivity contribution < 1.29 is 18.4 Å². The second-order valence-electron chi connectivity index (χ2n) is 7.99. The molecule has 4 rings (SSSR count). The van der Waals surface area contributed by atoms with E-state index in [9.17, 15) is 9.18 Å². The van der Waals surface area contributed by atoms with E-state index in [1.165, 1.54) is 32.1 Å². The predicted octanol–water partition coefficient (Wildman–Crippen LogP) is 2.72. The van der Waals surface area contributed by atoms with Crippen LogP contribution in [0.5, 0.6) is 5.75 Å². The number of aromatic nitrogens is 1. The maximum atomic E-state index is 13.8. The molecule has 2 heterocycles. The summed E-state index contributed by atoms with van der Waals surface area (Å²) in [6.07, 6.45) is 2.66. The van der Waals surface area contributed by atoms with E-state index < -0.39 is 5.82 Å². The zero-order valence-electron chi connectivity index (χ0n) is 17.2. The summed E-state index contributed by atoms with van der Waals surface area (Å²) in [4.78, 5) is 19.5. The molecule has 2 aliphatic rings. The highest BCUT2D eigenvalue weighted by atomic mass is 19.1. The molecule has 156 valence electrons. The van der Waals surface area contributed by atoms with Crippen molar-refractivity contribution in [1.29, 1.82) is 0 Å². The molecule has 1 aromatic heterocycles. The maximum absolute atomic E-state index is 13.8. The zero-order valence-corrected chi connectivity index (χ0v) is 17.2. The van der Waals surface area contributed by atoms with E-state index in [-0.39, 0.29) is 11.7 Å². The Hall–Kier alpha value is -2.61. The first-order chi connectivity index (χ1) is 14.0. The highest BCUT2D eigenvalue weighted by molar-refractivity contribution is 6.04. The van der Waals surface area contributed by atoms with Crippen molar-refractivity contribution >= 4 is 11.7 Å². The second kappa shape index (κ2) is 8.02. The fourth-order valence-corrected chi connectivity index (χ4v) is 3.74. The predicted molar refractivity (Wildman–Crippen MR) is 108 cm³/mol. The summed E-state index contributed by atoms with van der Waals surface area (Å²) in [6, 6.07) is 4.40. The molecule has 1 amide bonds. The SMILES string of the molecule is COc1cc(-c2onc(N(C)C)c2C(=O)N2CCN(CC3CC3)CC2)ccc1F. The lowest BCUT2D eigenvalue weighted by Crippen LogP contribution is -2.49. The number of amides is 1. The van der Waals surface area contributed by atoms with Crippen LogP contribution in [0.25, 0.3) is 11.3 Å². The molecule has 2 fully saturated rings. The fraction of sp³-hybridized carbons (Fsp3) is 0.524. The first-order valence-corrected chi connectivity index (χ1v) is 10.0. The molecule has 1 saturated carbocycles. The van der Waals surface area contributed by atoms with Crippen molar-refractivity contribution in [3.05, 3.63) is 29.6 Å². The minimum Gasteiger partial charge on any atom is -0.494 e. The van der Waals surface area contributed by atoms with Gasteiger partial charge < -0.3 is 19.1 Å². The molecule has 8 heteroatoms. The zero-order chi connectivity index (χ0) is 20.5. The maximum Gasteiger partial charge on any atom is 0.261 e. The highest BCUT2D eigenvalue weighted by Crippen LogP contribution is 2.35. The molecule has 0 spiro atoms. The van der Waals surface area contributed by atoms with Crippen LogP contribution in [-0.2, 0) is 0 Å². The number of nitrogens with zero attached hydrogens (tertiary/aromatic N) is 4. The number of anilines is 1. The van der Waals surface area contributed by atoms with Crippen LogP contribution in [0.3, 0.4) is 0 Å². The number of piperazine rings is 1. The van der Waals surface area contributed by atoms with Gasteiger partial charge in [-0.15, -0.1) is 0 Å². The Morgan fingerprint density at radius 3 is 2.62 bits per heavy atom. The molecular weight excluding hydrogens is 375 g/mol. The molecule has 29 heavy (non-hydrogen) atoms. The van der Waals surface area contributed by atoms with Crippen molar-refractivity contribution in [3.63, 3.8) is 0 Å². The van der Waals surface area contributed by atoms with Gasteiger partial charge in [0.05, 0.1) is 7.11 Å². The molecule has 1 aromatic carbocycles. The third kappa shape index (κ3) is 4.07. The molecule has 0 unspecified atom stereocenters. The van der Waals surface area contributed by atoms with E-state index in [1.807, 2.05) is 19.0 Å². The Labute approximate surface area is 170 Å². The summed E-state index contributed by atoms with van der Waals surface area (Å²) in [5.41, 5.74) is 0.957. The van der Waals surface area contributed by atoms with Gasteiger partial charge in [0, 0.05) is 52.4 Å². The Morgan fingerprint density at radius 2 is 2.00 bits per heavy atom. The van der Waals surface area contributed by atoms with E-state index >= 15 is 0 Å². The Balaban J connectivity index is 1.60. The van der Waals surface area contributed by atoms with Crippen LogP contribution < -0.4 is 9.64 Å². The Kier molecular flexibility index (Phi) is 5.45. The number of carbonyl (C=O) groups is 1. The first kappa shape index (κ1) is 19.7. The third-order valence-corrected chi connectivity index (χ3v) is 5.60. The summed E-state index contributed by atoms with van der Waals surface area (Å²) in [5, 5.41) is 4.11. The number of hydrogen-bond donors (Lipinski definition) is 0. The van der Waals surface area contributed by atoms with Crippen molar-refractivity contribution in [1.82, 2.24) is 15.0 Å². The van der Waals surface area contributed by atoms with Crippen molar-refractivity contribution in [2.75, 3.05) is 58.8 Å². The lowest BCUT2D eigenvalue weighted by molar-refractivity contribution is 0.0633. The smallest absolute Gasteiger partial charge is 0.261 e. The average Bonchev–Trinajstić information content (AvgIpc) is 3.42. The van der Waals surface area contributed by atoms with Gasteiger partial charge in [0.1, 0.15) is 5.56 Å². The molecular formula is C21H27FN4O3. The van der Waals surface area contributed by atoms with Gasteiger partial charge in [-0.2, -0.15) is 0 Å². The monoisotopic (exact) mass is 402 g/mol. The largest absolute Gasteiger partial charge is 0.494 e. The molecule has 0 atom stereocenters. The van der Waals surface area contributed by atoms with Crippen LogP contribution in [0.2, 0.25) is 0 Å². The number of hydrogen-bond acceptors (Lipinski definition) is 6. The molecule has 1 aliphatic carbocycles. The number of carbonyl (C=O) groups excluding carboxylic acids is 1. The first-order valence-electron chi connectivity index (χ1n) is 10.0. The topological polar surface area (TPSA) is 62.1 Å². The molecule has 0 bridgehead atoms. The number of methoxy groups -OCH3 is 1. The average molecular weight is 402 g/mol. The minimum atomic E-state index is -0.469. The van der Waals surface area contributed by atoms with Gasteiger partial charge in [-0.3, -0.25) is 9.69 Å². The van der Waals surface area contributed by atoms with Gasteiger partial charge in [0.2, 0.25) is 0 Å². The molecule has 7 nitrogen and oxygen atoms in total. The Bertz CT molecular complexity index is 886. The number of rotatable bonds is 6. The number of ether oxygens (including phenoxy) is 1. The summed E-state index contributed by atoms with van der Waals surface area (Å²) in [7, 11) is 5.04. The van der Waals surface area contributed by atoms with E-state index in [4.69, 9.17) is 9.26 Å². The standard InChI is InChI=1S/C21H27FN4O3/c1-24(2)20-18(19(29-23-20)15-6-7-16(22)17(12-15)28-3)21(27)26-10-8-25(9-11-26)13-14-4-5-14/h6-7,12,14H,4-5,8-11,13H2,1-3H3. The van der Waals surface area contributed by atoms with E-state index in [2.05, 4.69) is 10.1 Å². The quantitative estimate of drug-likeness (QED) is 0.741. The second-order valence-corrected chi connectivity index (χ2v) is 7.99. The van der Waals surface area contributed by atoms with Crippen LogP contribution in [0.15, 0.2) is 22.7 Å². The third-order valence-electron chi connectivity index (χ3n) is 5.60. The van der Waals surface area contributed by atoms with Gasteiger partial charge in [-0.05, 0) is 37.0 Å². The van der Waals surface area contributed by atoms with Gasteiger partial charge in [-0.1, -0.05) is 5.16 Å². The summed E-state index contributed by atoms with van der Waals surface area (Å²) in [5.74, 6) is 1.15. The van der Waals surface area contributed by atoms with E-state index in [0.29, 0.717) is 35.8 Å². The summed E-state index contributed by atoms with van der Waals surface area (Å²) >= 11 is 0. The summed E-state index contributed by atoms with van der Waals surface area (Å²) < 4.78 is 24.5. The number of benzene rings is 1. The lowest BCUT2D eigenvalue weighted by atomic mass is 10.1. The fourth-order valence-electron chi connectivity index (χ4n) is 3.74. The van der Waals surface area contributed by atoms with Crippen LogP contribution in [0.4, 0.5) is 10.2 Å². The van der Waals surface area contributed by atoms with Crippen LogP contribution >= 0.6 is 0 Å². The van der Waals surface area contributed by atoms with Crippen molar-refractivity contribution in [3.8, 4) is 17.1 Å². The highest BCUT2D eigenvalue weighted by Gasteiger charge is 2.32. The Morgan fingerprint density at radius 1 is 1.28 bits per heavy atom. The van der Waals surface area contributed by atoms with Crippen molar-refractivity contribution in [2.24, 2.45) is 5.92 Å². The lowest BCUT2D eigenvalue weighted by Gasteiger charge is -2.34. The molecule has 1 saturated heterocycles. The van der Waals surface area contributed by atoms with Gasteiger partial charge in [-0.25, -0.2) is 4.39 Å². The van der Waals surface area contributed by atoms with Crippen LogP contribution in [0.1, 0.15) is 23.2 Å². The molecule has 2 aromatic rings. The summed E-state index contributed by atoms with van der Waals surface area (Å²) in [6.45, 7) is 4.25. The molecule has 1 aliphatic heterocycles. The van der Waals surface area contributed by atoms with Crippen LogP contribution in [0, 0.1) is 11.7 Å². The van der Waals surface area contributed by atoms with Gasteiger partial charge >= 0.3 is 0 Å².